The van der Waals surface area contributed by atoms with Gasteiger partial charge in [-0.2, -0.15) is 0 Å². The number of rotatable bonds is 4. The number of hydrogen-bond acceptors (Lipinski definition) is 3. The third-order valence-electron chi connectivity index (χ3n) is 2.41. The van der Waals surface area contributed by atoms with Gasteiger partial charge in [0.1, 0.15) is 5.57 Å². The van der Waals surface area contributed by atoms with Crippen LogP contribution in [0.25, 0.3) is 5.57 Å². The lowest BCUT2D eigenvalue weighted by Crippen LogP contribution is -2.15. The maximum Gasteiger partial charge on any atom is 0.342 e. The molecule has 0 radical (unpaired) electrons. The lowest BCUT2D eigenvalue weighted by Gasteiger charge is -2.08. The summed E-state index contributed by atoms with van der Waals surface area (Å²) < 4.78 is 4.89. The highest BCUT2D eigenvalue weighted by Gasteiger charge is 2.19. The van der Waals surface area contributed by atoms with Gasteiger partial charge in [-0.25, -0.2) is 4.79 Å². The summed E-state index contributed by atoms with van der Waals surface area (Å²) in [6.07, 6.45) is 0. The number of Topliss-reactive ketones (excluding diaryl/α,β-unsaturated/α-hetero) is 1. The SMILES string of the molecule is CCOC(=O)C(C(C)=O)=C(C)c1ccccc1. The fourth-order valence-corrected chi connectivity index (χ4v) is 1.60. The minimum Gasteiger partial charge on any atom is -0.462 e. The molecule has 0 saturated carbocycles. The van der Waals surface area contributed by atoms with Gasteiger partial charge in [-0.1, -0.05) is 30.3 Å². The van der Waals surface area contributed by atoms with E-state index < -0.39 is 5.97 Å². The van der Waals surface area contributed by atoms with Crippen LogP contribution in [0, 0.1) is 0 Å². The van der Waals surface area contributed by atoms with Crippen LogP contribution in [0.2, 0.25) is 0 Å². The zero-order valence-corrected chi connectivity index (χ0v) is 10.3. The van der Waals surface area contributed by atoms with Crippen LogP contribution < -0.4 is 0 Å². The van der Waals surface area contributed by atoms with Crippen LogP contribution >= 0.6 is 0 Å². The molecule has 0 N–H and O–H groups in total. The molecular weight excluding hydrogens is 216 g/mol. The quantitative estimate of drug-likeness (QED) is 0.347. The van der Waals surface area contributed by atoms with Crippen LogP contribution in [-0.4, -0.2) is 18.4 Å². The third kappa shape index (κ3) is 3.28. The molecule has 0 saturated heterocycles. The Morgan fingerprint density at radius 1 is 1.12 bits per heavy atom. The van der Waals surface area contributed by atoms with Crippen LogP contribution in [-0.2, 0) is 14.3 Å². The summed E-state index contributed by atoms with van der Waals surface area (Å²) in [7, 11) is 0. The van der Waals surface area contributed by atoms with Crippen LogP contribution in [0.1, 0.15) is 26.3 Å². The number of esters is 1. The summed E-state index contributed by atoms with van der Waals surface area (Å²) in [5, 5.41) is 0. The molecule has 17 heavy (non-hydrogen) atoms. The lowest BCUT2D eigenvalue weighted by atomic mass is 9.99. The zero-order chi connectivity index (χ0) is 12.8. The van der Waals surface area contributed by atoms with Gasteiger partial charge in [0, 0.05) is 0 Å². The van der Waals surface area contributed by atoms with E-state index in [2.05, 4.69) is 0 Å². The minimum atomic E-state index is -0.554. The molecule has 0 spiro atoms. The molecule has 3 heteroatoms. The molecule has 0 aliphatic carbocycles. The van der Waals surface area contributed by atoms with Gasteiger partial charge in [0.15, 0.2) is 5.78 Å². The van der Waals surface area contributed by atoms with Gasteiger partial charge in [0.25, 0.3) is 0 Å². The first kappa shape index (κ1) is 13.2. The fourth-order valence-electron chi connectivity index (χ4n) is 1.60. The number of benzene rings is 1. The van der Waals surface area contributed by atoms with Gasteiger partial charge < -0.3 is 4.74 Å². The van der Waals surface area contributed by atoms with E-state index in [9.17, 15) is 9.59 Å². The molecule has 0 bridgehead atoms. The highest BCUT2D eigenvalue weighted by atomic mass is 16.5. The summed E-state index contributed by atoms with van der Waals surface area (Å²) >= 11 is 0. The maximum absolute atomic E-state index is 11.7. The average molecular weight is 232 g/mol. The molecule has 0 aliphatic heterocycles. The number of carbonyl (C=O) groups is 2. The summed E-state index contributed by atoms with van der Waals surface area (Å²) in [6, 6.07) is 9.33. The van der Waals surface area contributed by atoms with Crippen LogP contribution in [0.15, 0.2) is 35.9 Å². The first-order valence-electron chi connectivity index (χ1n) is 5.52. The standard InChI is InChI=1S/C14H16O3/c1-4-17-14(16)13(11(3)15)10(2)12-8-6-5-7-9-12/h5-9H,4H2,1-3H3. The van der Waals surface area contributed by atoms with Crippen molar-refractivity contribution < 1.29 is 14.3 Å². The Hall–Kier alpha value is -1.90. The van der Waals surface area contributed by atoms with Crippen LogP contribution in [0.4, 0.5) is 0 Å². The first-order valence-corrected chi connectivity index (χ1v) is 5.52. The monoisotopic (exact) mass is 232 g/mol. The van der Waals surface area contributed by atoms with E-state index in [4.69, 9.17) is 4.74 Å². The van der Waals surface area contributed by atoms with E-state index in [0.717, 1.165) is 5.56 Å². The minimum absolute atomic E-state index is 0.123. The molecule has 90 valence electrons. The topological polar surface area (TPSA) is 43.4 Å². The lowest BCUT2D eigenvalue weighted by molar-refractivity contribution is -0.139. The van der Waals surface area contributed by atoms with Gasteiger partial charge in [0.2, 0.25) is 0 Å². The molecule has 0 unspecified atom stereocenters. The van der Waals surface area contributed by atoms with Crippen molar-refractivity contribution in [3.8, 4) is 0 Å². The number of carbonyl (C=O) groups excluding carboxylic acids is 2. The molecule has 1 aromatic rings. The molecule has 0 aliphatic rings. The van der Waals surface area contributed by atoms with Crippen LogP contribution in [0.5, 0.6) is 0 Å². The Morgan fingerprint density at radius 3 is 2.18 bits per heavy atom. The van der Waals surface area contributed by atoms with Gasteiger partial charge in [-0.3, -0.25) is 4.79 Å². The highest BCUT2D eigenvalue weighted by Crippen LogP contribution is 2.19. The Kier molecular flexibility index (Phi) is 4.64. The predicted octanol–water partition coefficient (Wildman–Crippen LogP) is 2.61. The molecule has 0 amide bonds. The van der Waals surface area contributed by atoms with Crippen molar-refractivity contribution in [1.82, 2.24) is 0 Å². The molecule has 3 nitrogen and oxygen atoms in total. The predicted molar refractivity (Wildman–Crippen MR) is 66.4 cm³/mol. The normalized spacial score (nSPS) is 11.7. The van der Waals surface area contributed by atoms with Gasteiger partial charge in [0.05, 0.1) is 6.61 Å². The second-order valence-electron chi connectivity index (χ2n) is 3.64. The number of hydrogen-bond donors (Lipinski definition) is 0. The van der Waals surface area contributed by atoms with Gasteiger partial charge in [-0.15, -0.1) is 0 Å². The number of ether oxygens (including phenoxy) is 1. The molecule has 0 aromatic heterocycles. The van der Waals surface area contributed by atoms with Crippen molar-refractivity contribution in [2.75, 3.05) is 6.61 Å². The Morgan fingerprint density at radius 2 is 1.71 bits per heavy atom. The first-order chi connectivity index (χ1) is 8.07. The second kappa shape index (κ2) is 5.99. The Bertz CT molecular complexity index is 444. The van der Waals surface area contributed by atoms with Crippen molar-refractivity contribution in [2.45, 2.75) is 20.8 Å². The van der Waals surface area contributed by atoms with E-state index in [0.29, 0.717) is 5.57 Å². The van der Waals surface area contributed by atoms with Gasteiger partial charge >= 0.3 is 5.97 Å². The largest absolute Gasteiger partial charge is 0.462 e. The van der Waals surface area contributed by atoms with E-state index in [1.165, 1.54) is 6.92 Å². The zero-order valence-electron chi connectivity index (χ0n) is 10.3. The molecule has 1 rings (SSSR count). The van der Waals surface area contributed by atoms with E-state index >= 15 is 0 Å². The van der Waals surface area contributed by atoms with Crippen molar-refractivity contribution in [3.05, 3.63) is 41.5 Å². The maximum atomic E-state index is 11.7. The molecule has 0 atom stereocenters. The molecular formula is C14H16O3. The Labute approximate surface area is 101 Å². The number of ketones is 1. The molecule has 0 fully saturated rings. The molecule has 1 aromatic carbocycles. The average Bonchev–Trinajstić information content (AvgIpc) is 2.30. The van der Waals surface area contributed by atoms with Gasteiger partial charge in [-0.05, 0) is 31.9 Å². The second-order valence-corrected chi connectivity index (χ2v) is 3.64. The number of allylic oxidation sites excluding steroid dienone is 1. The smallest absolute Gasteiger partial charge is 0.342 e. The summed E-state index contributed by atoms with van der Waals surface area (Å²) in [4.78, 5) is 23.2. The van der Waals surface area contributed by atoms with E-state index in [1.54, 1.807) is 13.8 Å². The van der Waals surface area contributed by atoms with Crippen molar-refractivity contribution >= 4 is 17.3 Å². The summed E-state index contributed by atoms with van der Waals surface area (Å²) in [5.74, 6) is -0.828. The highest BCUT2D eigenvalue weighted by molar-refractivity contribution is 6.21. The van der Waals surface area contributed by atoms with E-state index in [1.807, 2.05) is 30.3 Å². The summed E-state index contributed by atoms with van der Waals surface area (Å²) in [6.45, 7) is 5.10. The van der Waals surface area contributed by atoms with Crippen molar-refractivity contribution in [3.63, 3.8) is 0 Å². The summed E-state index contributed by atoms with van der Waals surface area (Å²) in [5.41, 5.74) is 1.63. The van der Waals surface area contributed by atoms with Crippen molar-refractivity contribution in [1.29, 1.82) is 0 Å². The van der Waals surface area contributed by atoms with Crippen molar-refractivity contribution in [2.24, 2.45) is 0 Å². The molecule has 0 heterocycles. The fraction of sp³-hybridized carbons (Fsp3) is 0.286. The Balaban J connectivity index is 3.21. The van der Waals surface area contributed by atoms with Crippen LogP contribution in [0.3, 0.4) is 0 Å². The third-order valence-corrected chi connectivity index (χ3v) is 2.41. The van der Waals surface area contributed by atoms with E-state index in [-0.39, 0.29) is 18.0 Å².